The number of benzene rings is 2. The summed E-state index contributed by atoms with van der Waals surface area (Å²) in [6, 6.07) is 10.3. The van der Waals surface area contributed by atoms with E-state index in [2.05, 4.69) is 56.5 Å². The van der Waals surface area contributed by atoms with E-state index in [1.54, 1.807) is 23.0 Å². The first-order chi connectivity index (χ1) is 30.3. The Kier molecular flexibility index (Phi) is 11.5. The van der Waals surface area contributed by atoms with Crippen molar-refractivity contribution < 1.29 is 32.7 Å². The van der Waals surface area contributed by atoms with E-state index in [0.29, 0.717) is 99.9 Å². The number of hydrogen-bond donors (Lipinski definition) is 2. The van der Waals surface area contributed by atoms with Crippen LogP contribution in [0.4, 0.5) is 25.8 Å². The van der Waals surface area contributed by atoms with Gasteiger partial charge in [0.2, 0.25) is 29.6 Å². The Balaban J connectivity index is 0.855. The first-order valence-corrected chi connectivity index (χ1v) is 21.8. The molecule has 5 aliphatic heterocycles. The van der Waals surface area contributed by atoms with Crippen LogP contribution in [0.25, 0.3) is 11.3 Å². The lowest BCUT2D eigenvalue weighted by Crippen LogP contribution is -2.50. The molecule has 5 aliphatic rings. The number of carbonyl (C=O) groups is 4. The number of aromatic nitrogens is 3. The third-order valence-corrected chi connectivity index (χ3v) is 13.0. The molecule has 3 saturated heterocycles. The molecule has 2 aromatic carbocycles. The first kappa shape index (κ1) is 42.1. The van der Waals surface area contributed by atoms with Crippen LogP contribution >= 0.6 is 0 Å². The molecule has 4 amide bonds. The molecule has 4 aromatic rings. The van der Waals surface area contributed by atoms with Gasteiger partial charge in [-0.15, -0.1) is 0 Å². The predicted molar refractivity (Wildman–Crippen MR) is 233 cm³/mol. The maximum atomic E-state index is 15.3. The van der Waals surface area contributed by atoms with E-state index in [-0.39, 0.29) is 42.1 Å². The van der Waals surface area contributed by atoms with Crippen molar-refractivity contribution in [2.75, 3.05) is 67.5 Å². The zero-order chi connectivity index (χ0) is 44.1. The summed E-state index contributed by atoms with van der Waals surface area (Å²) in [5.74, 6) is -3.18. The molecular formula is C46H52F2N10O5. The summed E-state index contributed by atoms with van der Waals surface area (Å²) in [6.45, 7) is 11.3. The summed E-state index contributed by atoms with van der Waals surface area (Å²) in [4.78, 5) is 69.1. The van der Waals surface area contributed by atoms with Gasteiger partial charge in [0.05, 0.1) is 47.3 Å². The topological polar surface area (TPSA) is 158 Å². The molecule has 2 bridgehead atoms. The first-order valence-electron chi connectivity index (χ1n) is 21.8. The van der Waals surface area contributed by atoms with Crippen molar-refractivity contribution in [2.24, 2.45) is 23.9 Å². The number of imide groups is 1. The number of fused-ring (bicyclic) bond motifs is 7. The monoisotopic (exact) mass is 862 g/mol. The molecule has 0 saturated carbocycles. The van der Waals surface area contributed by atoms with E-state index in [4.69, 9.17) is 9.72 Å². The number of guanidine groups is 1. The number of aryl methyl sites for hydroxylation is 3. The second-order valence-electron chi connectivity index (χ2n) is 17.6. The molecule has 9 rings (SSSR count). The van der Waals surface area contributed by atoms with Crippen LogP contribution in [0.5, 0.6) is 5.88 Å². The van der Waals surface area contributed by atoms with E-state index in [9.17, 15) is 19.2 Å². The van der Waals surface area contributed by atoms with E-state index >= 15 is 8.78 Å². The van der Waals surface area contributed by atoms with Crippen LogP contribution in [0.3, 0.4) is 0 Å². The number of aliphatic imine (C=N–C) groups is 1. The van der Waals surface area contributed by atoms with Crippen molar-refractivity contribution in [2.45, 2.75) is 65.3 Å². The highest BCUT2D eigenvalue weighted by atomic mass is 19.1. The van der Waals surface area contributed by atoms with Crippen LogP contribution < -0.4 is 25.2 Å². The van der Waals surface area contributed by atoms with Crippen molar-refractivity contribution in [3.8, 4) is 17.1 Å². The number of anilines is 3. The third kappa shape index (κ3) is 8.50. The summed E-state index contributed by atoms with van der Waals surface area (Å²) >= 11 is 0. The van der Waals surface area contributed by atoms with E-state index in [1.807, 2.05) is 23.8 Å². The van der Waals surface area contributed by atoms with Crippen molar-refractivity contribution in [3.05, 3.63) is 82.2 Å². The Morgan fingerprint density at radius 1 is 0.921 bits per heavy atom. The van der Waals surface area contributed by atoms with Crippen LogP contribution in [0, 0.1) is 37.3 Å². The number of amides is 4. The minimum atomic E-state index is -1.07. The van der Waals surface area contributed by atoms with Gasteiger partial charge < -0.3 is 24.8 Å². The Labute approximate surface area is 364 Å². The number of hydrogen-bond acceptors (Lipinski definition) is 11. The largest absolute Gasteiger partial charge is 0.477 e. The van der Waals surface area contributed by atoms with Gasteiger partial charge in [-0.1, -0.05) is 6.92 Å². The molecule has 2 aromatic heterocycles. The number of rotatable bonds is 5. The summed E-state index contributed by atoms with van der Waals surface area (Å²) < 4.78 is 38.6. The van der Waals surface area contributed by atoms with Gasteiger partial charge in [0.15, 0.2) is 0 Å². The number of piperidine rings is 1. The van der Waals surface area contributed by atoms with Crippen molar-refractivity contribution in [1.82, 2.24) is 29.9 Å². The Morgan fingerprint density at radius 2 is 1.70 bits per heavy atom. The maximum Gasteiger partial charge on any atom is 0.280 e. The van der Waals surface area contributed by atoms with Gasteiger partial charge in [0.25, 0.3) is 5.91 Å². The molecule has 330 valence electrons. The molecule has 3 fully saturated rings. The van der Waals surface area contributed by atoms with E-state index in [1.165, 1.54) is 12.1 Å². The minimum Gasteiger partial charge on any atom is -0.477 e. The zero-order valence-corrected chi connectivity index (χ0v) is 36.0. The molecule has 7 heterocycles. The standard InChI is InChI=1S/C46H52F2N10O5/c1-26-6-5-15-63-45-34(22-49-54(45)4)37-18-30(17-28(3)50-37)42(60)53-46-51-38-16-27(2)31(19-39(38)58(46)23-26)24-55-11-13-56(14-12-55)44(62)29-9-10-57(25-29)32-20-35(47)41(36(48)21-32)33-7-8-40(59)52-43(33)61/h16-22,26,29,33H,5-15,23-25H2,1-4H3,(H,51,53,60)(H,52,59,61)/t26-,29-,33-/m1/s1. The quantitative estimate of drug-likeness (QED) is 0.251. The molecule has 0 unspecified atom stereocenters. The Hall–Kier alpha value is -6.23. The number of nitrogens with zero attached hydrogens (tertiary/aromatic N) is 8. The van der Waals surface area contributed by atoms with Crippen LogP contribution in [-0.2, 0) is 28.0 Å². The lowest BCUT2D eigenvalue weighted by atomic mass is 9.89. The van der Waals surface area contributed by atoms with Gasteiger partial charge in [-0.05, 0) is 93.0 Å². The van der Waals surface area contributed by atoms with Crippen LogP contribution in [0.15, 0.2) is 47.6 Å². The SMILES string of the molecule is Cc1cc2cc(n1)-c1cnn(C)c1OCCC[C@@H](C)CN1/C(=N/C2=O)Nc2cc(C)c(CN3CCN(C(=O)[C@@H]4CCN(c5cc(F)c([C@H]6CCC(=O)NC6=O)c(F)c5)C4)CC3)cc21. The fourth-order valence-corrected chi connectivity index (χ4v) is 9.55. The molecule has 15 nitrogen and oxygen atoms in total. The molecule has 0 spiro atoms. The van der Waals surface area contributed by atoms with Crippen LogP contribution in [0.1, 0.15) is 77.7 Å². The van der Waals surface area contributed by atoms with E-state index < -0.39 is 29.4 Å². The van der Waals surface area contributed by atoms with Gasteiger partial charge in [0, 0.05) is 88.3 Å². The average Bonchev–Trinajstić information content (AvgIpc) is 3.97. The summed E-state index contributed by atoms with van der Waals surface area (Å²) in [5, 5.41) is 10.0. The van der Waals surface area contributed by atoms with Crippen molar-refractivity contribution >= 4 is 46.7 Å². The second-order valence-corrected chi connectivity index (χ2v) is 17.6. The Bertz CT molecular complexity index is 2510. The average molecular weight is 863 g/mol. The second kappa shape index (κ2) is 17.1. The lowest BCUT2D eigenvalue weighted by molar-refractivity contribution is -0.137. The molecule has 2 N–H and O–H groups in total. The van der Waals surface area contributed by atoms with Crippen LogP contribution in [0.2, 0.25) is 0 Å². The highest BCUT2D eigenvalue weighted by Gasteiger charge is 2.37. The molecule has 0 radical (unpaired) electrons. The van der Waals surface area contributed by atoms with Gasteiger partial charge in [-0.3, -0.25) is 34.4 Å². The van der Waals surface area contributed by atoms with Crippen molar-refractivity contribution in [1.29, 1.82) is 0 Å². The van der Waals surface area contributed by atoms with Crippen molar-refractivity contribution in [3.63, 3.8) is 0 Å². The highest BCUT2D eigenvalue weighted by Crippen LogP contribution is 2.38. The number of nitrogens with one attached hydrogen (secondary N) is 2. The predicted octanol–water partition coefficient (Wildman–Crippen LogP) is 5.31. The number of piperazine rings is 1. The highest BCUT2D eigenvalue weighted by molar-refractivity contribution is 6.19. The van der Waals surface area contributed by atoms with Gasteiger partial charge in [-0.25, -0.2) is 13.5 Å². The summed E-state index contributed by atoms with van der Waals surface area (Å²) in [7, 11) is 1.83. The van der Waals surface area contributed by atoms with Gasteiger partial charge >= 0.3 is 0 Å². The fraction of sp³-hybridized carbons (Fsp3) is 0.457. The summed E-state index contributed by atoms with van der Waals surface area (Å²) in [5.41, 5.74) is 6.53. The smallest absolute Gasteiger partial charge is 0.280 e. The zero-order valence-electron chi connectivity index (χ0n) is 36.0. The normalized spacial score (nSPS) is 22.8. The molecular weight excluding hydrogens is 811 g/mol. The third-order valence-electron chi connectivity index (χ3n) is 13.0. The fourth-order valence-electron chi connectivity index (χ4n) is 9.55. The molecule has 17 heteroatoms. The number of halogens is 2. The van der Waals surface area contributed by atoms with Crippen LogP contribution in [-0.4, -0.2) is 107 Å². The molecule has 0 aliphatic carbocycles. The molecule has 63 heavy (non-hydrogen) atoms. The maximum absolute atomic E-state index is 15.3. The number of pyridine rings is 1. The van der Waals surface area contributed by atoms with Gasteiger partial charge in [0.1, 0.15) is 11.6 Å². The number of carbonyl (C=O) groups excluding carboxylic acids is 4. The minimum absolute atomic E-state index is 0.0208. The Morgan fingerprint density at radius 3 is 2.46 bits per heavy atom. The lowest BCUT2D eigenvalue weighted by Gasteiger charge is -2.36. The number of ether oxygens (including phenoxy) is 1. The van der Waals surface area contributed by atoms with Gasteiger partial charge in [-0.2, -0.15) is 10.1 Å². The molecule has 3 atom stereocenters. The summed E-state index contributed by atoms with van der Waals surface area (Å²) in [6.07, 6.45) is 4.06. The van der Waals surface area contributed by atoms with E-state index in [0.717, 1.165) is 40.9 Å².